The molecule has 16 heavy (non-hydrogen) atoms. The zero-order chi connectivity index (χ0) is 12.6. The van der Waals surface area contributed by atoms with Crippen LogP contribution in [0.1, 0.15) is 53.4 Å². The molecule has 0 aromatic heterocycles. The van der Waals surface area contributed by atoms with Gasteiger partial charge in [0.2, 0.25) is 6.54 Å². The van der Waals surface area contributed by atoms with Gasteiger partial charge < -0.3 is 0 Å². The van der Waals surface area contributed by atoms with Crippen LogP contribution in [0.15, 0.2) is 11.6 Å². The summed E-state index contributed by atoms with van der Waals surface area (Å²) in [6, 6.07) is 0. The molecule has 94 valence electrons. The second kappa shape index (κ2) is 8.31. The SMILES string of the molecule is CCC(C[C@@H](C)CCC=C(C)C)C[N+](=O)[O-]. The van der Waals surface area contributed by atoms with E-state index in [-0.39, 0.29) is 17.4 Å². The van der Waals surface area contributed by atoms with E-state index in [1.807, 2.05) is 6.92 Å². The van der Waals surface area contributed by atoms with Crippen LogP contribution in [0, 0.1) is 22.0 Å². The van der Waals surface area contributed by atoms with Crippen LogP contribution in [-0.2, 0) is 0 Å². The fraction of sp³-hybridized carbons (Fsp3) is 0.846. The van der Waals surface area contributed by atoms with Crippen molar-refractivity contribution in [3.8, 4) is 0 Å². The van der Waals surface area contributed by atoms with Gasteiger partial charge in [0.25, 0.3) is 0 Å². The van der Waals surface area contributed by atoms with E-state index in [0.717, 1.165) is 25.7 Å². The Kier molecular flexibility index (Phi) is 7.86. The van der Waals surface area contributed by atoms with Gasteiger partial charge in [0.1, 0.15) is 0 Å². The van der Waals surface area contributed by atoms with Crippen LogP contribution in [-0.4, -0.2) is 11.5 Å². The third-order valence-corrected chi connectivity index (χ3v) is 2.93. The molecule has 0 aromatic rings. The van der Waals surface area contributed by atoms with Gasteiger partial charge in [0.15, 0.2) is 0 Å². The average molecular weight is 227 g/mol. The Morgan fingerprint density at radius 2 is 2.06 bits per heavy atom. The Morgan fingerprint density at radius 3 is 2.50 bits per heavy atom. The van der Waals surface area contributed by atoms with Gasteiger partial charge >= 0.3 is 0 Å². The molecule has 0 rings (SSSR count). The molecular weight excluding hydrogens is 202 g/mol. The predicted molar refractivity (Wildman–Crippen MR) is 68.1 cm³/mol. The summed E-state index contributed by atoms with van der Waals surface area (Å²) in [5.74, 6) is 0.831. The van der Waals surface area contributed by atoms with Gasteiger partial charge in [0, 0.05) is 10.8 Å². The standard InChI is InChI=1S/C13H25NO2/c1-5-13(10-14(15)16)9-12(4)8-6-7-11(2)3/h7,12-13H,5-6,8-10H2,1-4H3/t12-,13?/m0/s1. The molecule has 0 amide bonds. The summed E-state index contributed by atoms with van der Waals surface area (Å²) in [5.41, 5.74) is 1.35. The highest BCUT2D eigenvalue weighted by Gasteiger charge is 2.16. The molecule has 0 fully saturated rings. The predicted octanol–water partition coefficient (Wildman–Crippen LogP) is 4.06. The van der Waals surface area contributed by atoms with Gasteiger partial charge in [-0.25, -0.2) is 0 Å². The van der Waals surface area contributed by atoms with Gasteiger partial charge in [-0.05, 0) is 45.4 Å². The van der Waals surface area contributed by atoms with Crippen LogP contribution in [0.2, 0.25) is 0 Å². The molecule has 0 aliphatic heterocycles. The van der Waals surface area contributed by atoms with Crippen LogP contribution >= 0.6 is 0 Å². The fourth-order valence-electron chi connectivity index (χ4n) is 1.92. The van der Waals surface area contributed by atoms with Crippen molar-refractivity contribution < 1.29 is 4.92 Å². The Balaban J connectivity index is 3.86. The van der Waals surface area contributed by atoms with E-state index in [2.05, 4.69) is 26.8 Å². The number of nitro groups is 1. The molecule has 3 nitrogen and oxygen atoms in total. The molecule has 0 N–H and O–H groups in total. The summed E-state index contributed by atoms with van der Waals surface area (Å²) in [6.45, 7) is 8.57. The van der Waals surface area contributed by atoms with Gasteiger partial charge in [-0.1, -0.05) is 25.5 Å². The molecule has 0 heterocycles. The molecule has 0 saturated carbocycles. The van der Waals surface area contributed by atoms with Gasteiger partial charge in [0.05, 0.1) is 0 Å². The van der Waals surface area contributed by atoms with Crippen molar-refractivity contribution in [1.82, 2.24) is 0 Å². The summed E-state index contributed by atoms with van der Waals surface area (Å²) in [4.78, 5) is 10.3. The van der Waals surface area contributed by atoms with Crippen molar-refractivity contribution in [2.75, 3.05) is 6.54 Å². The lowest BCUT2D eigenvalue weighted by Gasteiger charge is -2.15. The van der Waals surface area contributed by atoms with E-state index in [1.54, 1.807) is 0 Å². The Hall–Kier alpha value is -0.860. The van der Waals surface area contributed by atoms with E-state index >= 15 is 0 Å². The van der Waals surface area contributed by atoms with E-state index in [9.17, 15) is 10.1 Å². The van der Waals surface area contributed by atoms with Crippen LogP contribution in [0.4, 0.5) is 0 Å². The number of hydrogen-bond acceptors (Lipinski definition) is 2. The number of allylic oxidation sites excluding steroid dienone is 2. The van der Waals surface area contributed by atoms with E-state index in [1.165, 1.54) is 5.57 Å². The fourth-order valence-corrected chi connectivity index (χ4v) is 1.92. The molecule has 0 saturated heterocycles. The molecule has 0 spiro atoms. The number of nitrogens with zero attached hydrogens (tertiary/aromatic N) is 1. The Morgan fingerprint density at radius 1 is 1.44 bits per heavy atom. The normalized spacial score (nSPS) is 14.2. The number of rotatable bonds is 8. The largest absolute Gasteiger partial charge is 0.265 e. The molecule has 0 radical (unpaired) electrons. The minimum absolute atomic E-state index is 0.128. The molecular formula is C13H25NO2. The molecule has 0 aliphatic carbocycles. The van der Waals surface area contributed by atoms with Crippen molar-refractivity contribution in [3.63, 3.8) is 0 Å². The first-order valence-electron chi connectivity index (χ1n) is 6.20. The first kappa shape index (κ1) is 15.1. The van der Waals surface area contributed by atoms with Crippen molar-refractivity contribution in [2.24, 2.45) is 11.8 Å². The summed E-state index contributed by atoms with van der Waals surface area (Å²) in [7, 11) is 0. The third-order valence-electron chi connectivity index (χ3n) is 2.93. The molecule has 3 heteroatoms. The van der Waals surface area contributed by atoms with Crippen molar-refractivity contribution in [2.45, 2.75) is 53.4 Å². The third kappa shape index (κ3) is 8.45. The van der Waals surface area contributed by atoms with Crippen LogP contribution in [0.3, 0.4) is 0 Å². The first-order chi connectivity index (χ1) is 7.45. The van der Waals surface area contributed by atoms with Crippen molar-refractivity contribution in [3.05, 3.63) is 21.8 Å². The highest BCUT2D eigenvalue weighted by atomic mass is 16.6. The van der Waals surface area contributed by atoms with Gasteiger partial charge in [-0.15, -0.1) is 0 Å². The maximum absolute atomic E-state index is 10.4. The monoisotopic (exact) mass is 227 g/mol. The molecule has 0 aliphatic rings. The quantitative estimate of drug-likeness (QED) is 0.356. The zero-order valence-electron chi connectivity index (χ0n) is 11.0. The maximum atomic E-state index is 10.4. The summed E-state index contributed by atoms with van der Waals surface area (Å²) in [6.07, 6.45) is 6.37. The number of hydrogen-bond donors (Lipinski definition) is 0. The van der Waals surface area contributed by atoms with Crippen molar-refractivity contribution >= 4 is 0 Å². The lowest BCUT2D eigenvalue weighted by Crippen LogP contribution is -2.16. The second-order valence-electron chi connectivity index (χ2n) is 4.99. The molecule has 0 aromatic carbocycles. The second-order valence-corrected chi connectivity index (χ2v) is 4.99. The Labute approximate surface area is 99.1 Å². The smallest absolute Gasteiger partial charge is 0.206 e. The average Bonchev–Trinajstić information content (AvgIpc) is 2.15. The minimum atomic E-state index is -0.184. The van der Waals surface area contributed by atoms with Crippen LogP contribution in [0.5, 0.6) is 0 Å². The first-order valence-corrected chi connectivity index (χ1v) is 6.20. The van der Waals surface area contributed by atoms with Crippen LogP contribution < -0.4 is 0 Å². The summed E-state index contributed by atoms with van der Waals surface area (Å²) < 4.78 is 0. The minimum Gasteiger partial charge on any atom is -0.265 e. The summed E-state index contributed by atoms with van der Waals surface area (Å²) in [5, 5.41) is 10.4. The molecule has 0 bridgehead atoms. The maximum Gasteiger partial charge on any atom is 0.206 e. The molecule has 2 atom stereocenters. The highest BCUT2D eigenvalue weighted by molar-refractivity contribution is 4.92. The lowest BCUT2D eigenvalue weighted by atomic mass is 9.90. The van der Waals surface area contributed by atoms with E-state index < -0.39 is 0 Å². The highest BCUT2D eigenvalue weighted by Crippen LogP contribution is 2.20. The van der Waals surface area contributed by atoms with Gasteiger partial charge in [-0.3, -0.25) is 10.1 Å². The van der Waals surface area contributed by atoms with E-state index in [0.29, 0.717) is 5.92 Å². The van der Waals surface area contributed by atoms with Crippen LogP contribution in [0.25, 0.3) is 0 Å². The topological polar surface area (TPSA) is 43.1 Å². The molecule has 1 unspecified atom stereocenters. The lowest BCUT2D eigenvalue weighted by molar-refractivity contribution is -0.488. The van der Waals surface area contributed by atoms with E-state index in [4.69, 9.17) is 0 Å². The Bertz CT molecular complexity index is 232. The summed E-state index contributed by atoms with van der Waals surface area (Å²) >= 11 is 0. The van der Waals surface area contributed by atoms with Gasteiger partial charge in [-0.2, -0.15) is 0 Å². The van der Waals surface area contributed by atoms with Crippen molar-refractivity contribution in [1.29, 1.82) is 0 Å². The zero-order valence-corrected chi connectivity index (χ0v) is 11.0.